The summed E-state index contributed by atoms with van der Waals surface area (Å²) >= 11 is 0. The first-order valence-electron chi connectivity index (χ1n) is 9.94. The molecule has 2 aliphatic rings. The molecule has 0 aromatic heterocycles. The summed E-state index contributed by atoms with van der Waals surface area (Å²) in [5.41, 5.74) is 2.58. The summed E-state index contributed by atoms with van der Waals surface area (Å²) in [6.45, 7) is 22.6. The van der Waals surface area contributed by atoms with Crippen LogP contribution in [0, 0.1) is 10.8 Å². The Labute approximate surface area is 162 Å². The third-order valence-corrected chi connectivity index (χ3v) is 15.0. The molecule has 146 valence electrons. The number of ketones is 1. The van der Waals surface area contributed by atoms with Crippen LogP contribution in [0.2, 0.25) is 38.3 Å². The minimum atomic E-state index is -1.60. The van der Waals surface area contributed by atoms with Crippen molar-refractivity contribution in [3.63, 3.8) is 0 Å². The van der Waals surface area contributed by atoms with Crippen LogP contribution < -0.4 is 0 Å². The fourth-order valence-electron chi connectivity index (χ4n) is 4.04. The van der Waals surface area contributed by atoms with Crippen LogP contribution in [0.1, 0.15) is 48.0 Å². The molecule has 1 heterocycles. The highest BCUT2D eigenvalue weighted by molar-refractivity contribution is 6.91. The molecule has 0 saturated carbocycles. The zero-order chi connectivity index (χ0) is 20.1. The lowest BCUT2D eigenvalue weighted by molar-refractivity contribution is -0.110. The number of allylic oxidation sites excluding steroid dienone is 4. The largest absolute Gasteiger partial charge is 0.349 e. The molecule has 1 aliphatic carbocycles. The number of carbonyl (C=O) groups excluding carboxylic acids is 1. The molecular weight excluding hydrogens is 352 g/mol. The second-order valence-electron chi connectivity index (χ2n) is 11.3. The second-order valence-corrected chi connectivity index (χ2v) is 20.8. The van der Waals surface area contributed by atoms with Gasteiger partial charge in [0, 0.05) is 5.57 Å². The smallest absolute Gasteiger partial charge is 0.209 e. The van der Waals surface area contributed by atoms with E-state index in [0.717, 1.165) is 5.57 Å². The molecule has 0 unspecified atom stereocenters. The monoisotopic (exact) mass is 390 g/mol. The first-order chi connectivity index (χ1) is 11.6. The lowest BCUT2D eigenvalue weighted by Gasteiger charge is -2.49. The molecule has 0 amide bonds. The fourth-order valence-corrected chi connectivity index (χ4v) is 14.9. The zero-order valence-electron chi connectivity index (χ0n) is 18.6. The molecule has 0 aromatic rings. The second kappa shape index (κ2) is 6.59. The first kappa shape index (κ1) is 21.4. The molecule has 0 aromatic carbocycles. The molecule has 0 radical (unpaired) electrons. The van der Waals surface area contributed by atoms with Gasteiger partial charge < -0.3 is 4.34 Å². The summed E-state index contributed by atoms with van der Waals surface area (Å²) < 4.78 is 2.47. The highest BCUT2D eigenvalue weighted by atomic mass is 28.4. The first-order valence-corrected chi connectivity index (χ1v) is 16.2. The Balaban J connectivity index is 2.60. The van der Waals surface area contributed by atoms with Gasteiger partial charge in [-0.25, -0.2) is 0 Å². The van der Waals surface area contributed by atoms with Gasteiger partial charge in [-0.05, 0) is 34.6 Å². The quantitative estimate of drug-likeness (QED) is 0.407. The lowest BCUT2D eigenvalue weighted by atomic mass is 9.74. The minimum Gasteiger partial charge on any atom is -0.349 e. The number of hydrogen-bond donors (Lipinski definition) is 0. The Morgan fingerprint density at radius 2 is 1.38 bits per heavy atom. The van der Waals surface area contributed by atoms with Crippen molar-refractivity contribution in [2.45, 2.75) is 86.2 Å². The topological polar surface area (TPSA) is 32.7 Å². The fraction of sp³-hybridized carbons (Fsp3) is 0.714. The molecule has 0 spiro atoms. The summed E-state index contributed by atoms with van der Waals surface area (Å²) in [6.07, 6.45) is 5.49. The predicted molar refractivity (Wildman–Crippen MR) is 119 cm³/mol. The van der Waals surface area contributed by atoms with Gasteiger partial charge in [0.05, 0.1) is 0 Å². The summed E-state index contributed by atoms with van der Waals surface area (Å²) in [5.74, 6) is 0.116. The van der Waals surface area contributed by atoms with Crippen molar-refractivity contribution in [3.8, 4) is 0 Å². The maximum absolute atomic E-state index is 13.3. The normalized spacial score (nSPS) is 25.2. The van der Waals surface area contributed by atoms with E-state index in [9.17, 15) is 4.79 Å². The summed E-state index contributed by atoms with van der Waals surface area (Å²) in [7, 11) is -3.20. The molecule has 3 nitrogen and oxygen atoms in total. The number of Topliss-reactive ketones (excluding diaryl/α,β-unsaturated/α-hetero) is 1. The average Bonchev–Trinajstić information content (AvgIpc) is 2.41. The molecule has 26 heavy (non-hydrogen) atoms. The van der Waals surface area contributed by atoms with Gasteiger partial charge in [0.25, 0.3) is 0 Å². The van der Waals surface area contributed by atoms with Crippen molar-refractivity contribution in [3.05, 3.63) is 23.3 Å². The van der Waals surface area contributed by atoms with E-state index in [2.05, 4.69) is 84.2 Å². The van der Waals surface area contributed by atoms with Gasteiger partial charge in [-0.15, -0.1) is 0 Å². The third kappa shape index (κ3) is 4.30. The van der Waals surface area contributed by atoms with Gasteiger partial charge in [-0.3, -0.25) is 4.79 Å². The minimum absolute atomic E-state index is 0.000237. The molecule has 1 aliphatic heterocycles. The number of hydrogen-bond acceptors (Lipinski definition) is 3. The van der Waals surface area contributed by atoms with Crippen molar-refractivity contribution in [2.24, 2.45) is 15.9 Å². The maximum Gasteiger partial charge on any atom is 0.209 e. The van der Waals surface area contributed by atoms with Gasteiger partial charge >= 0.3 is 0 Å². The van der Waals surface area contributed by atoms with E-state index in [1.807, 2.05) is 0 Å². The summed E-state index contributed by atoms with van der Waals surface area (Å²) in [6, 6.07) is 2.54. The molecule has 2 rings (SSSR count). The van der Waals surface area contributed by atoms with Crippen molar-refractivity contribution in [2.75, 3.05) is 0 Å². The van der Waals surface area contributed by atoms with Crippen LogP contribution in [-0.4, -0.2) is 32.3 Å². The predicted octanol–water partition coefficient (Wildman–Crippen LogP) is 5.99. The van der Waals surface area contributed by atoms with E-state index < -0.39 is 16.5 Å². The van der Waals surface area contributed by atoms with Crippen LogP contribution >= 0.6 is 0 Å². The SMILES string of the molecule is CC(C)(C)C1=CC(=NN2[Si](C)(C)CCC[Si]2(C)C)C(=O)C(C(C)(C)C)=C1. The van der Waals surface area contributed by atoms with E-state index in [1.165, 1.54) is 24.1 Å². The van der Waals surface area contributed by atoms with E-state index in [4.69, 9.17) is 5.10 Å². The molecule has 1 saturated heterocycles. The average molecular weight is 391 g/mol. The molecule has 1 fully saturated rings. The zero-order valence-corrected chi connectivity index (χ0v) is 20.6. The van der Waals surface area contributed by atoms with Crippen molar-refractivity contribution in [1.29, 1.82) is 0 Å². The summed E-state index contributed by atoms with van der Waals surface area (Å²) in [4.78, 5) is 13.3. The van der Waals surface area contributed by atoms with Crippen molar-refractivity contribution >= 4 is 28.0 Å². The maximum atomic E-state index is 13.3. The standard InChI is InChI=1S/C21H38N2OSi2/c1-20(2,3)16-14-17(21(4,5)6)19(24)18(15-16)22-23-25(7,8)12-11-13-26(23,9)10/h14-15H,11-13H2,1-10H3. The lowest BCUT2D eigenvalue weighted by Crippen LogP contribution is -2.62. The van der Waals surface area contributed by atoms with Gasteiger partial charge in [0.15, 0.2) is 16.5 Å². The number of hydrazone groups is 1. The third-order valence-electron chi connectivity index (χ3n) is 5.68. The van der Waals surface area contributed by atoms with Gasteiger partial charge in [-0.2, -0.15) is 5.10 Å². The Morgan fingerprint density at radius 3 is 1.81 bits per heavy atom. The van der Waals surface area contributed by atoms with Gasteiger partial charge in [-0.1, -0.05) is 80.2 Å². The van der Waals surface area contributed by atoms with Crippen LogP contribution in [0.3, 0.4) is 0 Å². The highest BCUT2D eigenvalue weighted by Gasteiger charge is 2.45. The van der Waals surface area contributed by atoms with Crippen LogP contribution in [0.5, 0.6) is 0 Å². The number of carbonyl (C=O) groups is 1. The van der Waals surface area contributed by atoms with Crippen LogP contribution in [0.15, 0.2) is 28.4 Å². The van der Waals surface area contributed by atoms with Crippen molar-refractivity contribution < 1.29 is 4.79 Å². The van der Waals surface area contributed by atoms with Crippen LogP contribution in [0.4, 0.5) is 0 Å². The number of nitrogens with zero attached hydrogens (tertiary/aromatic N) is 2. The van der Waals surface area contributed by atoms with E-state index in [0.29, 0.717) is 5.71 Å². The number of rotatable bonds is 1. The molecule has 0 bridgehead atoms. The van der Waals surface area contributed by atoms with E-state index >= 15 is 0 Å². The van der Waals surface area contributed by atoms with E-state index in [1.54, 1.807) is 0 Å². The Kier molecular flexibility index (Phi) is 5.41. The van der Waals surface area contributed by atoms with Gasteiger partial charge in [0.1, 0.15) is 5.71 Å². The van der Waals surface area contributed by atoms with Gasteiger partial charge in [0.2, 0.25) is 5.78 Å². The Morgan fingerprint density at radius 1 is 0.885 bits per heavy atom. The van der Waals surface area contributed by atoms with Crippen LogP contribution in [0.25, 0.3) is 0 Å². The Bertz CT molecular complexity index is 670. The summed E-state index contributed by atoms with van der Waals surface area (Å²) in [5, 5.41) is 5.12. The highest BCUT2D eigenvalue weighted by Crippen LogP contribution is 2.38. The molecular formula is C21H38N2OSi2. The molecule has 5 heteroatoms. The van der Waals surface area contributed by atoms with Crippen LogP contribution in [-0.2, 0) is 4.79 Å². The van der Waals surface area contributed by atoms with Crippen molar-refractivity contribution in [1.82, 2.24) is 4.34 Å². The molecule has 0 N–H and O–H groups in total. The molecule has 0 atom stereocenters. The van der Waals surface area contributed by atoms with E-state index in [-0.39, 0.29) is 16.6 Å². The Hall–Kier alpha value is -0.946.